The molecule has 0 aliphatic heterocycles. The van der Waals surface area contributed by atoms with Crippen molar-refractivity contribution in [1.29, 1.82) is 0 Å². The van der Waals surface area contributed by atoms with Gasteiger partial charge in [0.15, 0.2) is 6.61 Å². The quantitative estimate of drug-likeness (QED) is 0.565. The lowest BCUT2D eigenvalue weighted by Crippen LogP contribution is -2.28. The van der Waals surface area contributed by atoms with Crippen LogP contribution in [0.15, 0.2) is 54.6 Å². The number of amides is 1. The van der Waals surface area contributed by atoms with Crippen molar-refractivity contribution in [1.82, 2.24) is 4.90 Å². The number of ether oxygens (including phenoxy) is 2. The third-order valence-corrected chi connectivity index (χ3v) is 4.62. The number of carboxylic acid groups (broad SMARTS) is 1. The van der Waals surface area contributed by atoms with Crippen molar-refractivity contribution >= 4 is 17.4 Å². The predicted octanol–water partition coefficient (Wildman–Crippen LogP) is 4.04. The molecule has 1 amide bonds. The van der Waals surface area contributed by atoms with Crippen LogP contribution in [-0.4, -0.2) is 48.2 Å². The van der Waals surface area contributed by atoms with E-state index in [2.05, 4.69) is 0 Å². The fourth-order valence-electron chi connectivity index (χ4n) is 2.94. The van der Waals surface area contributed by atoms with E-state index in [-0.39, 0.29) is 5.91 Å². The summed E-state index contributed by atoms with van der Waals surface area (Å²) in [6.45, 7) is 6.99. The Balaban J connectivity index is 2.20. The zero-order valence-corrected chi connectivity index (χ0v) is 17.8. The van der Waals surface area contributed by atoms with Crippen LogP contribution >= 0.6 is 0 Å². The van der Waals surface area contributed by atoms with Crippen LogP contribution < -0.4 is 9.47 Å². The van der Waals surface area contributed by atoms with E-state index in [1.165, 1.54) is 0 Å². The molecule has 2 aromatic rings. The number of hydrogen-bond donors (Lipinski definition) is 1. The van der Waals surface area contributed by atoms with Gasteiger partial charge in [-0.15, -0.1) is 0 Å². The van der Waals surface area contributed by atoms with E-state index < -0.39 is 12.6 Å². The first kappa shape index (κ1) is 23.0. The molecule has 1 N–H and O–H groups in total. The van der Waals surface area contributed by atoms with Crippen LogP contribution in [0.4, 0.5) is 0 Å². The molecular weight excluding hydrogens is 382 g/mol. The first-order valence-electron chi connectivity index (χ1n) is 10.1. The summed E-state index contributed by atoms with van der Waals surface area (Å²) in [5.74, 6) is -0.184. The second kappa shape index (κ2) is 11.7. The van der Waals surface area contributed by atoms with Gasteiger partial charge in [0.25, 0.3) is 0 Å². The highest BCUT2D eigenvalue weighted by Gasteiger charge is 2.11. The van der Waals surface area contributed by atoms with Crippen LogP contribution in [0.25, 0.3) is 5.57 Å². The molecular formula is C24H29NO5. The predicted molar refractivity (Wildman–Crippen MR) is 117 cm³/mol. The van der Waals surface area contributed by atoms with Gasteiger partial charge in [-0.1, -0.05) is 30.3 Å². The molecule has 6 heteroatoms. The van der Waals surface area contributed by atoms with Gasteiger partial charge in [0.2, 0.25) is 5.91 Å². The summed E-state index contributed by atoms with van der Waals surface area (Å²) in [5.41, 5.74) is 2.66. The molecule has 0 aromatic heterocycles. The second-order valence-corrected chi connectivity index (χ2v) is 6.80. The number of carboxylic acids is 1. The fraction of sp³-hybridized carbons (Fsp3) is 0.333. The van der Waals surface area contributed by atoms with Crippen molar-refractivity contribution < 1.29 is 24.2 Å². The number of rotatable bonds is 11. The maximum Gasteiger partial charge on any atom is 0.341 e. The molecule has 0 fully saturated rings. The number of aliphatic carboxylic acids is 1. The van der Waals surface area contributed by atoms with E-state index in [0.717, 1.165) is 23.1 Å². The number of carbonyl (C=O) groups is 2. The van der Waals surface area contributed by atoms with Gasteiger partial charge in [0.1, 0.15) is 11.5 Å². The molecule has 0 saturated carbocycles. The Labute approximate surface area is 177 Å². The van der Waals surface area contributed by atoms with Crippen molar-refractivity contribution in [3.63, 3.8) is 0 Å². The molecule has 0 aliphatic carbocycles. The molecule has 0 saturated heterocycles. The molecule has 6 nitrogen and oxygen atoms in total. The summed E-state index contributed by atoms with van der Waals surface area (Å²) in [5, 5.41) is 8.91. The summed E-state index contributed by atoms with van der Waals surface area (Å²) in [4.78, 5) is 25.0. The lowest BCUT2D eigenvalue weighted by Gasteiger charge is -2.17. The lowest BCUT2D eigenvalue weighted by molar-refractivity contribution is -0.139. The zero-order chi connectivity index (χ0) is 21.9. The summed E-state index contributed by atoms with van der Waals surface area (Å²) < 4.78 is 11.2. The molecule has 2 rings (SSSR count). The van der Waals surface area contributed by atoms with Crippen LogP contribution in [0.3, 0.4) is 0 Å². The van der Waals surface area contributed by atoms with Gasteiger partial charge < -0.3 is 19.5 Å². The van der Waals surface area contributed by atoms with Gasteiger partial charge in [-0.3, -0.25) is 4.79 Å². The van der Waals surface area contributed by atoms with Crippen LogP contribution in [0, 0.1) is 0 Å². The lowest BCUT2D eigenvalue weighted by atomic mass is 10.1. The summed E-state index contributed by atoms with van der Waals surface area (Å²) in [6, 6.07) is 15.2. The molecule has 160 valence electrons. The Morgan fingerprint density at radius 3 is 2.23 bits per heavy atom. The zero-order valence-electron chi connectivity index (χ0n) is 17.8. The van der Waals surface area contributed by atoms with Gasteiger partial charge in [-0.25, -0.2) is 4.79 Å². The van der Waals surface area contributed by atoms with Gasteiger partial charge in [0, 0.05) is 31.7 Å². The molecule has 0 radical (unpaired) electrons. The van der Waals surface area contributed by atoms with Crippen molar-refractivity contribution in [3.05, 3.63) is 65.7 Å². The number of nitrogens with zero attached hydrogens (tertiary/aromatic N) is 1. The van der Waals surface area contributed by atoms with E-state index in [1.54, 1.807) is 23.1 Å². The molecule has 0 bridgehead atoms. The van der Waals surface area contributed by atoms with Gasteiger partial charge in [0.05, 0.1) is 6.61 Å². The monoisotopic (exact) mass is 411 g/mol. The standard InChI is InChI=1S/C24H29NO5/c1-4-25(5-2)23(26)13-18(3)20-14-21(16-22(15-20)30-17-24(27)28)29-12-11-19-9-7-6-8-10-19/h6-10,13-16H,4-5,11-12,17H2,1-3H3,(H,27,28)/b18-13+. The summed E-state index contributed by atoms with van der Waals surface area (Å²) in [7, 11) is 0. The number of likely N-dealkylation sites (N-methyl/N-ethyl adjacent to an activating group) is 1. The SMILES string of the molecule is CCN(CC)C(=O)/C=C(\C)c1cc(OCCc2ccccc2)cc(OCC(=O)O)c1. The first-order chi connectivity index (χ1) is 14.4. The molecule has 0 aliphatic rings. The van der Waals surface area contributed by atoms with Crippen LogP contribution in [0.5, 0.6) is 11.5 Å². The van der Waals surface area contributed by atoms with Crippen molar-refractivity contribution in [3.8, 4) is 11.5 Å². The van der Waals surface area contributed by atoms with Crippen molar-refractivity contribution in [2.75, 3.05) is 26.3 Å². The highest BCUT2D eigenvalue weighted by molar-refractivity contribution is 5.95. The molecule has 0 heterocycles. The molecule has 30 heavy (non-hydrogen) atoms. The van der Waals surface area contributed by atoms with E-state index in [0.29, 0.717) is 31.2 Å². The maximum absolute atomic E-state index is 12.4. The Kier molecular flexibility index (Phi) is 8.94. The van der Waals surface area contributed by atoms with Crippen molar-refractivity contribution in [2.45, 2.75) is 27.2 Å². The van der Waals surface area contributed by atoms with E-state index >= 15 is 0 Å². The van der Waals surface area contributed by atoms with Gasteiger partial charge >= 0.3 is 5.97 Å². The molecule has 0 spiro atoms. The smallest absolute Gasteiger partial charge is 0.341 e. The highest BCUT2D eigenvalue weighted by Crippen LogP contribution is 2.27. The van der Waals surface area contributed by atoms with Gasteiger partial charge in [-0.05, 0) is 49.6 Å². The highest BCUT2D eigenvalue weighted by atomic mass is 16.5. The Bertz CT molecular complexity index is 872. The third kappa shape index (κ3) is 7.28. The number of carbonyl (C=O) groups excluding carboxylic acids is 1. The van der Waals surface area contributed by atoms with Crippen LogP contribution in [0.2, 0.25) is 0 Å². The second-order valence-electron chi connectivity index (χ2n) is 6.80. The fourth-order valence-corrected chi connectivity index (χ4v) is 2.94. The molecule has 0 atom stereocenters. The maximum atomic E-state index is 12.4. The minimum absolute atomic E-state index is 0.0686. The van der Waals surface area contributed by atoms with Gasteiger partial charge in [-0.2, -0.15) is 0 Å². The Hall–Kier alpha value is -3.28. The topological polar surface area (TPSA) is 76.1 Å². The Morgan fingerprint density at radius 1 is 1.00 bits per heavy atom. The Morgan fingerprint density at radius 2 is 1.63 bits per heavy atom. The minimum Gasteiger partial charge on any atom is -0.493 e. The molecule has 0 unspecified atom stereocenters. The summed E-state index contributed by atoms with van der Waals surface area (Å²) >= 11 is 0. The molecule has 2 aromatic carbocycles. The minimum atomic E-state index is -1.06. The average molecular weight is 411 g/mol. The van der Waals surface area contributed by atoms with Crippen LogP contribution in [-0.2, 0) is 16.0 Å². The van der Waals surface area contributed by atoms with Crippen LogP contribution in [0.1, 0.15) is 31.9 Å². The van der Waals surface area contributed by atoms with E-state index in [9.17, 15) is 9.59 Å². The number of allylic oxidation sites excluding steroid dienone is 1. The summed E-state index contributed by atoms with van der Waals surface area (Å²) in [6.07, 6.45) is 2.32. The first-order valence-corrected chi connectivity index (χ1v) is 10.1. The normalized spacial score (nSPS) is 11.1. The van der Waals surface area contributed by atoms with Crippen molar-refractivity contribution in [2.24, 2.45) is 0 Å². The van der Waals surface area contributed by atoms with E-state index in [4.69, 9.17) is 14.6 Å². The third-order valence-electron chi connectivity index (χ3n) is 4.62. The largest absolute Gasteiger partial charge is 0.493 e. The van der Waals surface area contributed by atoms with E-state index in [1.807, 2.05) is 57.2 Å². The number of hydrogen-bond acceptors (Lipinski definition) is 4. The average Bonchev–Trinajstić information content (AvgIpc) is 2.73. The number of benzene rings is 2.